The SMILES string of the molecule is Cc1cccc(N2CCN(c3nccc(NCc4cccnc4)n3)CC2)c1C. The van der Waals surface area contributed by atoms with Crippen LogP contribution in [0.5, 0.6) is 0 Å². The summed E-state index contributed by atoms with van der Waals surface area (Å²) in [5.74, 6) is 1.63. The van der Waals surface area contributed by atoms with E-state index in [0.717, 1.165) is 43.5 Å². The van der Waals surface area contributed by atoms with Gasteiger partial charge in [-0.1, -0.05) is 18.2 Å². The number of nitrogens with zero attached hydrogens (tertiary/aromatic N) is 5. The standard InChI is InChI=1S/C22H26N6/c1-17-5-3-7-20(18(17)2)27-11-13-28(14-12-27)22-24-10-8-21(26-22)25-16-19-6-4-9-23-15-19/h3-10,15H,11-14,16H2,1-2H3,(H,24,25,26). The van der Waals surface area contributed by atoms with E-state index in [4.69, 9.17) is 4.98 Å². The third kappa shape index (κ3) is 4.06. The first-order valence-electron chi connectivity index (χ1n) is 9.72. The summed E-state index contributed by atoms with van der Waals surface area (Å²) >= 11 is 0. The van der Waals surface area contributed by atoms with Gasteiger partial charge in [0.25, 0.3) is 0 Å². The highest BCUT2D eigenvalue weighted by Crippen LogP contribution is 2.24. The van der Waals surface area contributed by atoms with Crippen molar-refractivity contribution in [1.29, 1.82) is 0 Å². The normalized spacial score (nSPS) is 14.2. The number of hydrogen-bond donors (Lipinski definition) is 1. The topological polar surface area (TPSA) is 57.2 Å². The van der Waals surface area contributed by atoms with Crippen molar-refractivity contribution in [3.05, 3.63) is 71.7 Å². The number of hydrogen-bond acceptors (Lipinski definition) is 6. The number of anilines is 3. The van der Waals surface area contributed by atoms with Gasteiger partial charge in [-0.3, -0.25) is 4.98 Å². The number of piperazine rings is 1. The summed E-state index contributed by atoms with van der Waals surface area (Å²) in [5.41, 5.74) is 5.18. The molecule has 3 aromatic rings. The van der Waals surface area contributed by atoms with Crippen molar-refractivity contribution in [1.82, 2.24) is 15.0 Å². The zero-order chi connectivity index (χ0) is 19.3. The largest absolute Gasteiger partial charge is 0.368 e. The Morgan fingerprint density at radius 3 is 2.54 bits per heavy atom. The average Bonchev–Trinajstić information content (AvgIpc) is 2.75. The van der Waals surface area contributed by atoms with Gasteiger partial charge in [-0.05, 0) is 48.7 Å². The predicted octanol–water partition coefficient (Wildman–Crippen LogP) is 3.43. The van der Waals surface area contributed by atoms with Crippen LogP contribution >= 0.6 is 0 Å². The highest BCUT2D eigenvalue weighted by molar-refractivity contribution is 5.57. The first-order valence-corrected chi connectivity index (χ1v) is 9.72. The molecule has 6 nitrogen and oxygen atoms in total. The van der Waals surface area contributed by atoms with Crippen LogP contribution in [0.3, 0.4) is 0 Å². The lowest BCUT2D eigenvalue weighted by Crippen LogP contribution is -2.47. The van der Waals surface area contributed by atoms with Crippen LogP contribution < -0.4 is 15.1 Å². The van der Waals surface area contributed by atoms with Gasteiger partial charge in [-0.25, -0.2) is 4.98 Å². The quantitative estimate of drug-likeness (QED) is 0.738. The highest BCUT2D eigenvalue weighted by atomic mass is 15.3. The van der Waals surface area contributed by atoms with Gasteiger partial charge in [-0.2, -0.15) is 4.98 Å². The van der Waals surface area contributed by atoms with E-state index in [0.29, 0.717) is 6.54 Å². The maximum Gasteiger partial charge on any atom is 0.227 e. The molecule has 6 heteroatoms. The number of aromatic nitrogens is 3. The molecule has 4 rings (SSSR count). The molecule has 28 heavy (non-hydrogen) atoms. The second-order valence-corrected chi connectivity index (χ2v) is 7.15. The Bertz CT molecular complexity index is 919. The van der Waals surface area contributed by atoms with Crippen LogP contribution in [0.15, 0.2) is 55.0 Å². The van der Waals surface area contributed by atoms with Crippen LogP contribution in [0.1, 0.15) is 16.7 Å². The van der Waals surface area contributed by atoms with E-state index < -0.39 is 0 Å². The van der Waals surface area contributed by atoms with Crippen molar-refractivity contribution in [3.8, 4) is 0 Å². The summed E-state index contributed by atoms with van der Waals surface area (Å²) in [5, 5.41) is 3.36. The van der Waals surface area contributed by atoms with Crippen LogP contribution in [-0.2, 0) is 6.54 Å². The Balaban J connectivity index is 1.39. The first-order chi connectivity index (χ1) is 13.7. The molecule has 0 amide bonds. The Hall–Kier alpha value is -3.15. The molecule has 0 atom stereocenters. The molecule has 144 valence electrons. The maximum absolute atomic E-state index is 4.71. The van der Waals surface area contributed by atoms with Gasteiger partial charge in [0.15, 0.2) is 0 Å². The minimum Gasteiger partial charge on any atom is -0.368 e. The van der Waals surface area contributed by atoms with Gasteiger partial charge in [0.1, 0.15) is 5.82 Å². The van der Waals surface area contributed by atoms with Gasteiger partial charge in [0, 0.05) is 57.0 Å². The third-order valence-electron chi connectivity index (χ3n) is 5.32. The molecule has 1 saturated heterocycles. The number of rotatable bonds is 5. The van der Waals surface area contributed by atoms with Crippen LogP contribution in [0, 0.1) is 13.8 Å². The van der Waals surface area contributed by atoms with E-state index in [-0.39, 0.29) is 0 Å². The van der Waals surface area contributed by atoms with Crippen LogP contribution in [-0.4, -0.2) is 41.1 Å². The minimum absolute atomic E-state index is 0.699. The predicted molar refractivity (Wildman–Crippen MR) is 114 cm³/mol. The van der Waals surface area contributed by atoms with Crippen molar-refractivity contribution < 1.29 is 0 Å². The Morgan fingerprint density at radius 1 is 0.929 bits per heavy atom. The highest BCUT2D eigenvalue weighted by Gasteiger charge is 2.20. The van der Waals surface area contributed by atoms with Crippen molar-refractivity contribution in [3.63, 3.8) is 0 Å². The summed E-state index contributed by atoms with van der Waals surface area (Å²) in [6.07, 6.45) is 5.47. The van der Waals surface area contributed by atoms with Crippen molar-refractivity contribution in [2.45, 2.75) is 20.4 Å². The van der Waals surface area contributed by atoms with Gasteiger partial charge in [0.2, 0.25) is 5.95 Å². The molecule has 0 saturated carbocycles. The summed E-state index contributed by atoms with van der Waals surface area (Å²) in [6.45, 7) is 8.86. The first kappa shape index (κ1) is 18.2. The monoisotopic (exact) mass is 374 g/mol. The maximum atomic E-state index is 4.71. The molecule has 0 bridgehead atoms. The van der Waals surface area contributed by atoms with E-state index in [1.807, 2.05) is 24.5 Å². The number of aryl methyl sites for hydroxylation is 1. The second-order valence-electron chi connectivity index (χ2n) is 7.15. The zero-order valence-electron chi connectivity index (χ0n) is 16.5. The summed E-state index contributed by atoms with van der Waals surface area (Å²) < 4.78 is 0. The Labute approximate surface area is 166 Å². The molecule has 1 aromatic carbocycles. The van der Waals surface area contributed by atoms with Crippen molar-refractivity contribution in [2.24, 2.45) is 0 Å². The Kier molecular flexibility index (Phi) is 5.37. The molecular weight excluding hydrogens is 348 g/mol. The van der Waals surface area contributed by atoms with E-state index in [1.165, 1.54) is 16.8 Å². The number of benzene rings is 1. The van der Waals surface area contributed by atoms with Crippen molar-refractivity contribution in [2.75, 3.05) is 41.3 Å². The molecule has 1 aliphatic rings. The van der Waals surface area contributed by atoms with Crippen molar-refractivity contribution >= 4 is 17.5 Å². The minimum atomic E-state index is 0.699. The lowest BCUT2D eigenvalue weighted by Gasteiger charge is -2.37. The van der Waals surface area contributed by atoms with E-state index in [9.17, 15) is 0 Å². The van der Waals surface area contributed by atoms with E-state index in [2.05, 4.69) is 63.2 Å². The van der Waals surface area contributed by atoms with Crippen LogP contribution in [0.2, 0.25) is 0 Å². The van der Waals surface area contributed by atoms with Gasteiger partial charge < -0.3 is 15.1 Å². The molecular formula is C22H26N6. The average molecular weight is 374 g/mol. The fraction of sp³-hybridized carbons (Fsp3) is 0.318. The summed E-state index contributed by atoms with van der Waals surface area (Å²) in [4.78, 5) is 18.1. The van der Waals surface area contributed by atoms with Crippen LogP contribution in [0.25, 0.3) is 0 Å². The molecule has 1 fully saturated rings. The molecule has 2 aromatic heterocycles. The second kappa shape index (κ2) is 8.25. The fourth-order valence-electron chi connectivity index (χ4n) is 3.52. The van der Waals surface area contributed by atoms with Gasteiger partial charge in [-0.15, -0.1) is 0 Å². The summed E-state index contributed by atoms with van der Waals surface area (Å²) in [7, 11) is 0. The van der Waals surface area contributed by atoms with Gasteiger partial charge in [0.05, 0.1) is 0 Å². The third-order valence-corrected chi connectivity index (χ3v) is 5.32. The molecule has 3 heterocycles. The number of nitrogens with one attached hydrogen (secondary N) is 1. The van der Waals surface area contributed by atoms with Crippen LogP contribution in [0.4, 0.5) is 17.5 Å². The molecule has 0 aliphatic carbocycles. The lowest BCUT2D eigenvalue weighted by atomic mass is 10.1. The molecule has 0 unspecified atom stereocenters. The molecule has 1 N–H and O–H groups in total. The fourth-order valence-corrected chi connectivity index (χ4v) is 3.52. The van der Waals surface area contributed by atoms with E-state index in [1.54, 1.807) is 6.20 Å². The smallest absolute Gasteiger partial charge is 0.227 e. The molecule has 0 radical (unpaired) electrons. The number of pyridine rings is 1. The Morgan fingerprint density at radius 2 is 1.75 bits per heavy atom. The lowest BCUT2D eigenvalue weighted by molar-refractivity contribution is 0.639. The molecule has 1 aliphatic heterocycles. The summed E-state index contributed by atoms with van der Waals surface area (Å²) in [6, 6.07) is 12.4. The van der Waals surface area contributed by atoms with E-state index >= 15 is 0 Å². The van der Waals surface area contributed by atoms with Gasteiger partial charge >= 0.3 is 0 Å². The molecule has 0 spiro atoms. The zero-order valence-corrected chi connectivity index (χ0v) is 16.5.